The molecule has 8 aromatic rings. The molecule has 24 heteroatoms. The van der Waals surface area contributed by atoms with Gasteiger partial charge in [-0.3, -0.25) is 14.4 Å². The number of aromatic nitrogens is 4. The number of ether oxygens (including phenoxy) is 3. The molecule has 8 bridgehead atoms. The number of rotatable bonds is 6. The fraction of sp³-hybridized carbons (Fsp3) is 0.333. The highest BCUT2D eigenvalue weighted by Crippen LogP contribution is 2.61. The summed E-state index contributed by atoms with van der Waals surface area (Å²) in [6, 6.07) is 18.1. The molecule has 2 spiro atoms. The molecule has 3 amide bonds. The average molecular weight is 1150 g/mol. The number of anilines is 2. The lowest BCUT2D eigenvalue weighted by atomic mass is 9.72. The topological polar surface area (TPSA) is 320 Å². The lowest BCUT2D eigenvalue weighted by Crippen LogP contribution is -2.45. The summed E-state index contributed by atoms with van der Waals surface area (Å²) < 4.78 is 72.1. The summed E-state index contributed by atoms with van der Waals surface area (Å²) in [6.45, 7) is 9.59. The Bertz CT molecular complexity index is 3950. The minimum Gasteiger partial charge on any atom is -0.469 e. The third kappa shape index (κ3) is 8.71. The maximum atomic E-state index is 14.9. The van der Waals surface area contributed by atoms with Gasteiger partial charge in [0, 0.05) is 46.7 Å². The molecule has 4 aromatic heterocycles. The quantitative estimate of drug-likeness (QED) is 0.0783. The van der Waals surface area contributed by atoms with Gasteiger partial charge >= 0.3 is 5.97 Å². The van der Waals surface area contributed by atoms with E-state index in [0.717, 1.165) is 30.1 Å². The maximum absolute atomic E-state index is 14.9. The van der Waals surface area contributed by atoms with Crippen LogP contribution in [0.25, 0.3) is 23.2 Å². The van der Waals surface area contributed by atoms with Crippen molar-refractivity contribution in [1.29, 1.82) is 0 Å². The van der Waals surface area contributed by atoms with Gasteiger partial charge in [0.05, 0.1) is 13.2 Å². The SMILES string of the molecule is C.CC(C)[C@@H]1NC(=O)[C@@H](N)Cc2ccc3c(c2)[C@@]2(c4cc(F)ccc4N[C@@H]2O3)c2oc1nc2-c1nc(C(N)=O)co1.CO.COC(=O)c1coc(-c2nc3oc2[C@@]24c5cc(F)ccc5N[C@@H]2Oc2ccc(cc24)C[C@H](C)C(=O)N[C@H]3C(C)C)n1. The van der Waals surface area contributed by atoms with E-state index in [1.807, 2.05) is 65.0 Å². The third-order valence-corrected chi connectivity index (χ3v) is 15.9. The van der Waals surface area contributed by atoms with Crippen LogP contribution in [0.1, 0.15) is 132 Å². The first-order chi connectivity index (χ1) is 39.9. The van der Waals surface area contributed by atoms with Gasteiger partial charge in [0.2, 0.25) is 35.4 Å². The lowest BCUT2D eigenvalue weighted by Gasteiger charge is -2.28. The minimum absolute atomic E-state index is 0. The zero-order chi connectivity index (χ0) is 58.6. The number of aliphatic hydroxyl groups excluding tert-OH is 1. The first kappa shape index (κ1) is 56.4. The average Bonchev–Trinajstić information content (AvgIpc) is 1.59. The van der Waals surface area contributed by atoms with Crippen molar-refractivity contribution >= 4 is 35.1 Å². The van der Waals surface area contributed by atoms with E-state index in [0.29, 0.717) is 46.0 Å². The highest BCUT2D eigenvalue weighted by atomic mass is 19.1. The highest BCUT2D eigenvalue weighted by molar-refractivity contribution is 5.91. The van der Waals surface area contributed by atoms with Crippen LogP contribution in [0.2, 0.25) is 0 Å². The number of esters is 1. The van der Waals surface area contributed by atoms with E-state index in [4.69, 9.17) is 58.4 Å². The summed E-state index contributed by atoms with van der Waals surface area (Å²) in [5.41, 5.74) is 15.1. The number of carbonyl (C=O) groups excluding carboxylic acids is 4. The number of halogens is 2. The molecule has 14 rings (SSSR count). The molecule has 0 saturated heterocycles. The Balaban J connectivity index is 0.000000168. The van der Waals surface area contributed by atoms with Gasteiger partial charge < -0.3 is 69.7 Å². The second-order valence-corrected chi connectivity index (χ2v) is 21.7. The molecule has 0 aliphatic carbocycles. The molecule has 436 valence electrons. The molecule has 0 saturated carbocycles. The first-order valence-electron chi connectivity index (χ1n) is 26.7. The van der Waals surface area contributed by atoms with Crippen molar-refractivity contribution < 1.29 is 64.9 Å². The molecular weight excluding hydrogens is 1090 g/mol. The van der Waals surface area contributed by atoms with Gasteiger partial charge in [0.25, 0.3) is 5.91 Å². The summed E-state index contributed by atoms with van der Waals surface area (Å²) in [4.78, 5) is 68.8. The molecule has 84 heavy (non-hydrogen) atoms. The first-order valence-corrected chi connectivity index (χ1v) is 26.7. The standard InChI is InChI=1S/C30H27FN4O6.C28H25FN6O5.CH4O.CH4/c1-13(2)22-27-35-23(26-32-20(12-39-26)28(37)38-4)24(41-27)30-17-11-16(31)6-7-19(17)33-29(30)40-21-8-5-15(10-18(21)30)9-14(3)25(36)34-22;1-11(2)20-26-35-21(25-32-18(10-38-25)23(31)36)22(40-26)28-14-9-13(29)4-5-17(14)33-27(28)39-19-6-3-12(7-15(19)28)8-16(30)24(37)34-20;1-2;/h5-8,10-14,22,29,33H,9H2,1-4H3,(H,34,36);3-7,9-11,16,20,27,33H,8,30H2,1-2H3,(H2,31,36)(H,34,37);2H,1H3;1H4/t14-,22-,29+,30-;16-,20-,27+,28-;;/m00../s1. The number of benzene rings is 4. The number of oxazole rings is 4. The molecule has 0 fully saturated rings. The number of aliphatic hydroxyl groups is 1. The van der Waals surface area contributed by atoms with Gasteiger partial charge in [-0.25, -0.2) is 33.5 Å². The van der Waals surface area contributed by atoms with E-state index in [1.54, 1.807) is 18.2 Å². The molecule has 6 aliphatic rings. The van der Waals surface area contributed by atoms with Crippen molar-refractivity contribution in [2.75, 3.05) is 24.9 Å². The van der Waals surface area contributed by atoms with Crippen LogP contribution in [0.15, 0.2) is 103 Å². The molecule has 6 aliphatic heterocycles. The molecule has 8 atom stereocenters. The van der Waals surface area contributed by atoms with Crippen LogP contribution in [0.3, 0.4) is 0 Å². The van der Waals surface area contributed by atoms with Crippen molar-refractivity contribution in [3.63, 3.8) is 0 Å². The number of hydrogen-bond acceptors (Lipinski definition) is 19. The van der Waals surface area contributed by atoms with Crippen LogP contribution < -0.4 is 42.2 Å². The van der Waals surface area contributed by atoms with Crippen molar-refractivity contribution in [3.05, 3.63) is 165 Å². The number of carbonyl (C=O) groups is 4. The fourth-order valence-corrected chi connectivity index (χ4v) is 12.0. The Morgan fingerprint density at radius 2 is 1.12 bits per heavy atom. The molecule has 0 radical (unpaired) electrons. The second-order valence-electron chi connectivity index (χ2n) is 21.7. The number of nitrogens with one attached hydrogen (secondary N) is 4. The Kier molecular flexibility index (Phi) is 14.2. The van der Waals surface area contributed by atoms with E-state index in [9.17, 15) is 28.0 Å². The smallest absolute Gasteiger partial charge is 0.360 e. The number of primary amides is 1. The zero-order valence-corrected chi connectivity index (χ0v) is 45.8. The van der Waals surface area contributed by atoms with Crippen molar-refractivity contribution in [2.24, 2.45) is 29.2 Å². The largest absolute Gasteiger partial charge is 0.469 e. The Morgan fingerprint density at radius 3 is 1.58 bits per heavy atom. The maximum Gasteiger partial charge on any atom is 0.360 e. The Labute approximate surface area is 479 Å². The summed E-state index contributed by atoms with van der Waals surface area (Å²) >= 11 is 0. The number of fused-ring (bicyclic) bond motifs is 8. The number of amides is 3. The van der Waals surface area contributed by atoms with Crippen LogP contribution in [-0.2, 0) is 38.0 Å². The monoisotopic (exact) mass is 1150 g/mol. The van der Waals surface area contributed by atoms with E-state index in [2.05, 4.69) is 31.2 Å². The molecule has 0 unspecified atom stereocenters. The van der Waals surface area contributed by atoms with Gasteiger partial charge in [-0.05, 0) is 84.3 Å². The third-order valence-electron chi connectivity index (χ3n) is 15.9. The Morgan fingerprint density at radius 1 is 0.655 bits per heavy atom. The molecular formula is C60H60F2N10O12. The summed E-state index contributed by atoms with van der Waals surface area (Å²) in [7, 11) is 2.25. The van der Waals surface area contributed by atoms with E-state index < -0.39 is 64.9 Å². The molecule has 10 heterocycles. The molecule has 4 aromatic carbocycles. The van der Waals surface area contributed by atoms with E-state index >= 15 is 0 Å². The summed E-state index contributed by atoms with van der Waals surface area (Å²) in [5, 5.41) is 19.8. The number of nitrogens with zero attached hydrogens (tertiary/aromatic N) is 4. The highest BCUT2D eigenvalue weighted by Gasteiger charge is 2.63. The normalized spacial score (nSPS) is 23.3. The van der Waals surface area contributed by atoms with Crippen LogP contribution in [0, 0.1) is 29.4 Å². The van der Waals surface area contributed by atoms with E-state index in [-0.39, 0.29) is 101 Å². The predicted octanol–water partition coefficient (Wildman–Crippen LogP) is 7.73. The van der Waals surface area contributed by atoms with Crippen LogP contribution in [-0.4, -0.2) is 81.5 Å². The number of hydrogen-bond donors (Lipinski definition) is 7. The van der Waals surface area contributed by atoms with Crippen LogP contribution >= 0.6 is 0 Å². The van der Waals surface area contributed by atoms with Crippen molar-refractivity contribution in [2.45, 2.75) is 96.3 Å². The van der Waals surface area contributed by atoms with Gasteiger partial charge in [0.1, 0.15) is 58.6 Å². The fourth-order valence-electron chi connectivity index (χ4n) is 12.0. The number of methoxy groups -OCH3 is 1. The molecule has 9 N–H and O–H groups in total. The van der Waals surface area contributed by atoms with Crippen molar-refractivity contribution in [1.82, 2.24) is 30.6 Å². The predicted molar refractivity (Wildman–Crippen MR) is 296 cm³/mol. The Hall–Kier alpha value is -9.42. The second kappa shape index (κ2) is 21.1. The van der Waals surface area contributed by atoms with Gasteiger partial charge in [-0.2, -0.15) is 0 Å². The van der Waals surface area contributed by atoms with E-state index in [1.165, 1.54) is 37.6 Å². The zero-order valence-electron chi connectivity index (χ0n) is 45.8. The van der Waals surface area contributed by atoms with Crippen LogP contribution in [0.5, 0.6) is 11.5 Å². The number of nitrogens with two attached hydrogens (primary N) is 2. The van der Waals surface area contributed by atoms with Gasteiger partial charge in [-0.1, -0.05) is 66.3 Å². The van der Waals surface area contributed by atoms with Gasteiger partial charge in [0.15, 0.2) is 46.8 Å². The lowest BCUT2D eigenvalue weighted by molar-refractivity contribution is -0.126. The minimum atomic E-state index is -1.24. The molecule has 22 nitrogen and oxygen atoms in total. The summed E-state index contributed by atoms with van der Waals surface area (Å²) in [5.74, 6) is -1.40. The summed E-state index contributed by atoms with van der Waals surface area (Å²) in [6.07, 6.45) is 1.60. The van der Waals surface area contributed by atoms with Gasteiger partial charge in [-0.15, -0.1) is 0 Å². The van der Waals surface area contributed by atoms with Crippen molar-refractivity contribution in [3.8, 4) is 34.7 Å². The van der Waals surface area contributed by atoms with Crippen LogP contribution in [0.4, 0.5) is 20.2 Å².